The van der Waals surface area contributed by atoms with E-state index in [-0.39, 0.29) is 35.6 Å². The molecular formula is C24H33N3O3. The quantitative estimate of drug-likeness (QED) is 0.669. The number of fused-ring (bicyclic) bond motifs is 1. The summed E-state index contributed by atoms with van der Waals surface area (Å²) in [5, 5.41) is 4.46. The van der Waals surface area contributed by atoms with Crippen LogP contribution in [0.4, 0.5) is 5.69 Å². The monoisotopic (exact) mass is 411 g/mol. The summed E-state index contributed by atoms with van der Waals surface area (Å²) in [6.45, 7) is 8.61. The lowest BCUT2D eigenvalue weighted by Gasteiger charge is -2.38. The average molecular weight is 412 g/mol. The van der Waals surface area contributed by atoms with E-state index < -0.39 is 0 Å². The van der Waals surface area contributed by atoms with E-state index in [4.69, 9.17) is 0 Å². The molecule has 162 valence electrons. The highest BCUT2D eigenvalue weighted by atomic mass is 16.2. The highest BCUT2D eigenvalue weighted by Crippen LogP contribution is 2.32. The number of carbonyl (C=O) groups is 3. The molecule has 0 aromatic heterocycles. The fraction of sp³-hybridized carbons (Fsp3) is 0.542. The third kappa shape index (κ3) is 5.10. The van der Waals surface area contributed by atoms with Crippen molar-refractivity contribution < 1.29 is 14.4 Å². The van der Waals surface area contributed by atoms with E-state index in [0.717, 1.165) is 12.8 Å². The van der Waals surface area contributed by atoms with Crippen LogP contribution < -0.4 is 15.8 Å². The number of benzene rings is 1. The molecule has 1 heterocycles. The molecule has 6 heteroatoms. The molecule has 2 unspecified atom stereocenters. The lowest BCUT2D eigenvalue weighted by molar-refractivity contribution is -0.139. The third-order valence-electron chi connectivity index (χ3n) is 5.74. The fourth-order valence-corrected chi connectivity index (χ4v) is 4.39. The molecule has 2 N–H and O–H groups in total. The zero-order valence-corrected chi connectivity index (χ0v) is 18.4. The predicted octanol–water partition coefficient (Wildman–Crippen LogP) is 3.84. The molecule has 6 nitrogen and oxygen atoms in total. The van der Waals surface area contributed by atoms with E-state index in [9.17, 15) is 14.4 Å². The van der Waals surface area contributed by atoms with Gasteiger partial charge in [0.1, 0.15) is 0 Å². The Kier molecular flexibility index (Phi) is 6.95. The molecule has 0 radical (unpaired) electrons. The van der Waals surface area contributed by atoms with Gasteiger partial charge < -0.3 is 5.32 Å². The Hall–Kier alpha value is -2.63. The third-order valence-corrected chi connectivity index (χ3v) is 5.74. The van der Waals surface area contributed by atoms with E-state index in [1.54, 1.807) is 24.3 Å². The number of nitrogens with one attached hydrogen (secondary N) is 2. The van der Waals surface area contributed by atoms with Gasteiger partial charge >= 0.3 is 0 Å². The maximum absolute atomic E-state index is 13.0. The van der Waals surface area contributed by atoms with Crippen molar-refractivity contribution >= 4 is 23.4 Å². The number of hydrogen-bond donors (Lipinski definition) is 2. The van der Waals surface area contributed by atoms with Gasteiger partial charge in [0.25, 0.3) is 5.91 Å². The van der Waals surface area contributed by atoms with E-state index in [1.165, 1.54) is 5.01 Å². The molecule has 1 aromatic rings. The maximum atomic E-state index is 13.0. The van der Waals surface area contributed by atoms with Crippen LogP contribution in [0, 0.1) is 23.7 Å². The smallest absolute Gasteiger partial charge is 0.251 e. The van der Waals surface area contributed by atoms with Gasteiger partial charge in [-0.15, -0.1) is 0 Å². The summed E-state index contributed by atoms with van der Waals surface area (Å²) < 4.78 is 0. The molecule has 0 saturated carbocycles. The standard InChI is InChI=1S/C24H33N3O3/c1-15(2)12-18(13-16(3)4)25-22(28)17-8-7-9-19(14-17)27-24(30)21-11-6-5-10-20(21)23(29)26-27/h5-9,14-16,18,20-21H,10-13H2,1-4H3,(H,25,28)(H,26,29). The van der Waals surface area contributed by atoms with Gasteiger partial charge in [-0.3, -0.25) is 19.8 Å². The normalized spacial score (nSPS) is 21.2. The van der Waals surface area contributed by atoms with Crippen LogP contribution in [0.1, 0.15) is 63.7 Å². The van der Waals surface area contributed by atoms with Gasteiger partial charge in [-0.25, -0.2) is 5.01 Å². The Morgan fingerprint density at radius 3 is 2.33 bits per heavy atom. The molecule has 3 rings (SSSR count). The van der Waals surface area contributed by atoms with E-state index in [2.05, 4.69) is 38.4 Å². The highest BCUT2D eigenvalue weighted by molar-refractivity contribution is 6.05. The topological polar surface area (TPSA) is 78.5 Å². The van der Waals surface area contributed by atoms with Gasteiger partial charge in [0, 0.05) is 11.6 Å². The van der Waals surface area contributed by atoms with Crippen LogP contribution in [0.5, 0.6) is 0 Å². The van der Waals surface area contributed by atoms with Crippen molar-refractivity contribution in [2.24, 2.45) is 23.7 Å². The Bertz CT molecular complexity index is 821. The number of nitrogens with zero attached hydrogens (tertiary/aromatic N) is 1. The molecule has 3 amide bonds. The Balaban J connectivity index is 1.76. The van der Waals surface area contributed by atoms with Crippen LogP contribution in [0.25, 0.3) is 0 Å². The average Bonchev–Trinajstić information content (AvgIpc) is 2.70. The zero-order valence-electron chi connectivity index (χ0n) is 18.4. The molecule has 2 atom stereocenters. The lowest BCUT2D eigenvalue weighted by atomic mass is 9.80. The van der Waals surface area contributed by atoms with Crippen molar-refractivity contribution in [3.63, 3.8) is 0 Å². The summed E-state index contributed by atoms with van der Waals surface area (Å²) in [5.41, 5.74) is 3.72. The molecular weight excluding hydrogens is 378 g/mol. The first-order chi connectivity index (χ1) is 14.3. The Morgan fingerprint density at radius 1 is 1.07 bits per heavy atom. The number of carbonyl (C=O) groups excluding carboxylic acids is 3. The predicted molar refractivity (Wildman–Crippen MR) is 118 cm³/mol. The first-order valence-electron chi connectivity index (χ1n) is 11.0. The lowest BCUT2D eigenvalue weighted by Crippen LogP contribution is -2.59. The van der Waals surface area contributed by atoms with Crippen LogP contribution in [-0.4, -0.2) is 23.8 Å². The van der Waals surface area contributed by atoms with Crippen molar-refractivity contribution in [3.8, 4) is 0 Å². The summed E-state index contributed by atoms with van der Waals surface area (Å²) >= 11 is 0. The first-order valence-corrected chi connectivity index (χ1v) is 11.0. The number of hydrazine groups is 1. The summed E-state index contributed by atoms with van der Waals surface area (Å²) in [6, 6.07) is 7.01. The van der Waals surface area contributed by atoms with E-state index >= 15 is 0 Å². The molecule has 0 bridgehead atoms. The maximum Gasteiger partial charge on any atom is 0.251 e. The molecule has 30 heavy (non-hydrogen) atoms. The van der Waals surface area contributed by atoms with Gasteiger partial charge in [0.15, 0.2) is 0 Å². The zero-order chi connectivity index (χ0) is 21.8. The summed E-state index contributed by atoms with van der Waals surface area (Å²) in [6.07, 6.45) is 6.91. The fourth-order valence-electron chi connectivity index (χ4n) is 4.39. The molecule has 1 aliphatic carbocycles. The Labute approximate surface area is 179 Å². The van der Waals surface area contributed by atoms with Crippen molar-refractivity contribution in [2.45, 2.75) is 59.4 Å². The number of allylic oxidation sites excluding steroid dienone is 2. The van der Waals surface area contributed by atoms with Crippen molar-refractivity contribution in [1.29, 1.82) is 0 Å². The molecule has 0 spiro atoms. The summed E-state index contributed by atoms with van der Waals surface area (Å²) in [7, 11) is 0. The van der Waals surface area contributed by atoms with Gasteiger partial charge in [0.05, 0.1) is 17.5 Å². The summed E-state index contributed by atoms with van der Waals surface area (Å²) in [4.78, 5) is 38.4. The van der Waals surface area contributed by atoms with Crippen molar-refractivity contribution in [1.82, 2.24) is 10.7 Å². The van der Waals surface area contributed by atoms with Crippen LogP contribution in [0.15, 0.2) is 36.4 Å². The minimum absolute atomic E-state index is 0.104. The van der Waals surface area contributed by atoms with Crippen LogP contribution in [-0.2, 0) is 9.59 Å². The molecule has 1 fully saturated rings. The number of rotatable bonds is 7. The number of amides is 3. The van der Waals surface area contributed by atoms with Gasteiger partial charge in [-0.2, -0.15) is 0 Å². The SMILES string of the molecule is CC(C)CC(CC(C)C)NC(=O)c1cccc(N2NC(=O)C3CC=CCC3C2=O)c1. The van der Waals surface area contributed by atoms with Crippen LogP contribution in [0.2, 0.25) is 0 Å². The van der Waals surface area contributed by atoms with Crippen LogP contribution in [0.3, 0.4) is 0 Å². The highest BCUT2D eigenvalue weighted by Gasteiger charge is 2.42. The molecule has 1 aromatic carbocycles. The Morgan fingerprint density at radius 2 is 1.70 bits per heavy atom. The second-order valence-corrected chi connectivity index (χ2v) is 9.29. The van der Waals surface area contributed by atoms with E-state index in [1.807, 2.05) is 12.2 Å². The molecule has 1 saturated heterocycles. The largest absolute Gasteiger partial charge is 0.349 e. The summed E-state index contributed by atoms with van der Waals surface area (Å²) in [5.74, 6) is -0.108. The van der Waals surface area contributed by atoms with Gasteiger partial charge in [-0.1, -0.05) is 45.9 Å². The van der Waals surface area contributed by atoms with E-state index in [0.29, 0.717) is 35.9 Å². The number of anilines is 1. The first kappa shape index (κ1) is 22.1. The minimum Gasteiger partial charge on any atom is -0.349 e. The van der Waals surface area contributed by atoms with Gasteiger partial charge in [0.2, 0.25) is 11.8 Å². The van der Waals surface area contributed by atoms with Gasteiger partial charge in [-0.05, 0) is 55.7 Å². The minimum atomic E-state index is -0.345. The second-order valence-electron chi connectivity index (χ2n) is 9.29. The second kappa shape index (κ2) is 9.45. The van der Waals surface area contributed by atoms with Crippen molar-refractivity contribution in [3.05, 3.63) is 42.0 Å². The van der Waals surface area contributed by atoms with Crippen LogP contribution >= 0.6 is 0 Å². The number of hydrogen-bond acceptors (Lipinski definition) is 3. The van der Waals surface area contributed by atoms with Crippen molar-refractivity contribution in [2.75, 3.05) is 5.01 Å². The molecule has 2 aliphatic rings. The molecule has 1 aliphatic heterocycles.